The molecule has 0 radical (unpaired) electrons. The van der Waals surface area contributed by atoms with Gasteiger partial charge in [0.15, 0.2) is 0 Å². The summed E-state index contributed by atoms with van der Waals surface area (Å²) in [5.74, 6) is 1.03. The number of piperidine rings is 1. The molecular formula is C18H19ClFNO. The quantitative estimate of drug-likeness (QED) is 0.894. The molecule has 0 unspecified atom stereocenters. The van der Waals surface area contributed by atoms with Gasteiger partial charge in [-0.25, -0.2) is 4.39 Å². The van der Waals surface area contributed by atoms with Crippen LogP contribution in [-0.4, -0.2) is 13.1 Å². The minimum Gasteiger partial charge on any atom is -0.489 e. The van der Waals surface area contributed by atoms with Crippen LogP contribution in [0.5, 0.6) is 5.75 Å². The molecule has 116 valence electrons. The van der Waals surface area contributed by atoms with Crippen molar-refractivity contribution in [3.05, 3.63) is 64.4 Å². The molecule has 22 heavy (non-hydrogen) atoms. The van der Waals surface area contributed by atoms with E-state index in [-0.39, 0.29) is 12.4 Å². The van der Waals surface area contributed by atoms with Crippen LogP contribution in [-0.2, 0) is 6.61 Å². The van der Waals surface area contributed by atoms with Crippen molar-refractivity contribution in [2.75, 3.05) is 13.1 Å². The number of halogens is 2. The van der Waals surface area contributed by atoms with Crippen LogP contribution in [0, 0.1) is 5.82 Å². The first kappa shape index (κ1) is 15.3. The van der Waals surface area contributed by atoms with E-state index in [0.717, 1.165) is 31.7 Å². The maximum Gasteiger partial charge on any atom is 0.131 e. The molecule has 2 nitrogen and oxygen atoms in total. The van der Waals surface area contributed by atoms with Gasteiger partial charge in [-0.2, -0.15) is 0 Å². The molecule has 0 amide bonds. The molecule has 0 saturated carbocycles. The molecule has 0 atom stereocenters. The lowest BCUT2D eigenvalue weighted by atomic mass is 9.89. The molecule has 1 heterocycles. The summed E-state index contributed by atoms with van der Waals surface area (Å²) in [7, 11) is 0. The Kier molecular flexibility index (Phi) is 4.96. The van der Waals surface area contributed by atoms with Crippen LogP contribution in [0.3, 0.4) is 0 Å². The number of benzene rings is 2. The van der Waals surface area contributed by atoms with E-state index < -0.39 is 0 Å². The Bertz CT molecular complexity index is 641. The zero-order chi connectivity index (χ0) is 15.4. The molecule has 0 bridgehead atoms. The van der Waals surface area contributed by atoms with Crippen molar-refractivity contribution in [2.45, 2.75) is 25.4 Å². The fourth-order valence-electron chi connectivity index (χ4n) is 2.88. The van der Waals surface area contributed by atoms with Crippen LogP contribution in [0.1, 0.15) is 29.9 Å². The fourth-order valence-corrected chi connectivity index (χ4v) is 3.04. The molecule has 0 aromatic heterocycles. The van der Waals surface area contributed by atoms with Crippen molar-refractivity contribution >= 4 is 11.6 Å². The van der Waals surface area contributed by atoms with Crippen molar-refractivity contribution in [2.24, 2.45) is 0 Å². The van der Waals surface area contributed by atoms with Crippen LogP contribution < -0.4 is 10.1 Å². The minimum absolute atomic E-state index is 0.213. The zero-order valence-corrected chi connectivity index (χ0v) is 13.1. The molecule has 1 saturated heterocycles. The average molecular weight is 320 g/mol. The minimum atomic E-state index is -0.327. The highest BCUT2D eigenvalue weighted by atomic mass is 35.5. The summed E-state index contributed by atoms with van der Waals surface area (Å²) >= 11 is 5.77. The van der Waals surface area contributed by atoms with E-state index in [1.807, 2.05) is 18.2 Å². The molecule has 4 heteroatoms. The number of rotatable bonds is 4. The van der Waals surface area contributed by atoms with E-state index in [9.17, 15) is 4.39 Å². The van der Waals surface area contributed by atoms with Gasteiger partial charge in [-0.3, -0.25) is 0 Å². The summed E-state index contributed by atoms with van der Waals surface area (Å²) in [6.45, 7) is 2.28. The molecular weight excluding hydrogens is 301 g/mol. The molecule has 0 aliphatic carbocycles. The second-order valence-corrected chi connectivity index (χ2v) is 6.02. The third kappa shape index (κ3) is 3.60. The van der Waals surface area contributed by atoms with E-state index in [0.29, 0.717) is 16.5 Å². The van der Waals surface area contributed by atoms with Gasteiger partial charge in [-0.05, 0) is 55.6 Å². The SMILES string of the molecule is Fc1cc(Cl)ccc1COc1ccccc1C1CCNCC1. The van der Waals surface area contributed by atoms with Gasteiger partial charge >= 0.3 is 0 Å². The van der Waals surface area contributed by atoms with Crippen LogP contribution in [0.4, 0.5) is 4.39 Å². The van der Waals surface area contributed by atoms with Gasteiger partial charge in [-0.1, -0.05) is 35.9 Å². The highest BCUT2D eigenvalue weighted by molar-refractivity contribution is 6.30. The lowest BCUT2D eigenvalue weighted by Gasteiger charge is -2.25. The van der Waals surface area contributed by atoms with E-state index >= 15 is 0 Å². The maximum atomic E-state index is 13.8. The van der Waals surface area contributed by atoms with Crippen molar-refractivity contribution in [1.29, 1.82) is 0 Å². The number of hydrogen-bond acceptors (Lipinski definition) is 2. The second kappa shape index (κ2) is 7.12. The van der Waals surface area contributed by atoms with E-state index in [1.54, 1.807) is 12.1 Å². The Morgan fingerprint density at radius 2 is 1.91 bits per heavy atom. The Balaban J connectivity index is 1.74. The molecule has 1 aliphatic rings. The third-order valence-electron chi connectivity index (χ3n) is 4.10. The first-order chi connectivity index (χ1) is 10.7. The van der Waals surface area contributed by atoms with E-state index in [4.69, 9.17) is 16.3 Å². The number of hydrogen-bond donors (Lipinski definition) is 1. The Hall–Kier alpha value is -1.58. The molecule has 1 fully saturated rings. The molecule has 0 spiro atoms. The Labute approximate surface area is 135 Å². The van der Waals surface area contributed by atoms with Crippen LogP contribution in [0.2, 0.25) is 5.02 Å². The lowest BCUT2D eigenvalue weighted by molar-refractivity contribution is 0.292. The first-order valence-corrected chi connectivity index (χ1v) is 7.98. The predicted molar refractivity (Wildman–Crippen MR) is 87.0 cm³/mol. The summed E-state index contributed by atoms with van der Waals surface area (Å²) in [4.78, 5) is 0. The van der Waals surface area contributed by atoms with Gasteiger partial charge in [0.2, 0.25) is 0 Å². The van der Waals surface area contributed by atoms with Crippen molar-refractivity contribution < 1.29 is 9.13 Å². The van der Waals surface area contributed by atoms with Crippen LogP contribution in [0.25, 0.3) is 0 Å². The largest absolute Gasteiger partial charge is 0.489 e. The van der Waals surface area contributed by atoms with Crippen LogP contribution in [0.15, 0.2) is 42.5 Å². The normalized spacial score (nSPS) is 15.7. The molecule has 3 rings (SSSR count). The molecule has 2 aromatic rings. The predicted octanol–water partition coefficient (Wildman–Crippen LogP) is 4.53. The zero-order valence-electron chi connectivity index (χ0n) is 12.3. The topological polar surface area (TPSA) is 21.3 Å². The first-order valence-electron chi connectivity index (χ1n) is 7.60. The van der Waals surface area contributed by atoms with Crippen molar-refractivity contribution in [1.82, 2.24) is 5.32 Å². The lowest BCUT2D eigenvalue weighted by Crippen LogP contribution is -2.26. The Morgan fingerprint density at radius 3 is 2.68 bits per heavy atom. The van der Waals surface area contributed by atoms with Gasteiger partial charge < -0.3 is 10.1 Å². The Morgan fingerprint density at radius 1 is 1.14 bits per heavy atom. The standard InChI is InChI=1S/C18H19ClFNO/c19-15-6-5-14(17(20)11-15)12-22-18-4-2-1-3-16(18)13-7-9-21-10-8-13/h1-6,11,13,21H,7-10,12H2. The van der Waals surface area contributed by atoms with Crippen molar-refractivity contribution in [3.63, 3.8) is 0 Å². The second-order valence-electron chi connectivity index (χ2n) is 5.59. The van der Waals surface area contributed by atoms with Gasteiger partial charge in [0, 0.05) is 10.6 Å². The van der Waals surface area contributed by atoms with Crippen LogP contribution >= 0.6 is 11.6 Å². The number of para-hydroxylation sites is 1. The van der Waals surface area contributed by atoms with Gasteiger partial charge in [-0.15, -0.1) is 0 Å². The van der Waals surface area contributed by atoms with Gasteiger partial charge in [0.1, 0.15) is 18.2 Å². The van der Waals surface area contributed by atoms with Gasteiger partial charge in [0.25, 0.3) is 0 Å². The smallest absolute Gasteiger partial charge is 0.131 e. The number of ether oxygens (including phenoxy) is 1. The monoisotopic (exact) mass is 319 g/mol. The summed E-state index contributed by atoms with van der Waals surface area (Å²) in [5.41, 5.74) is 1.74. The summed E-state index contributed by atoms with van der Waals surface area (Å²) in [6, 6.07) is 12.7. The van der Waals surface area contributed by atoms with Gasteiger partial charge in [0.05, 0.1) is 0 Å². The maximum absolute atomic E-state index is 13.8. The number of nitrogens with one attached hydrogen (secondary N) is 1. The highest BCUT2D eigenvalue weighted by Gasteiger charge is 2.18. The summed E-state index contributed by atoms with van der Waals surface area (Å²) < 4.78 is 19.7. The summed E-state index contributed by atoms with van der Waals surface area (Å²) in [6.07, 6.45) is 2.21. The molecule has 2 aromatic carbocycles. The van der Waals surface area contributed by atoms with E-state index in [1.165, 1.54) is 11.6 Å². The fraction of sp³-hybridized carbons (Fsp3) is 0.333. The molecule has 1 N–H and O–H groups in total. The summed E-state index contributed by atoms with van der Waals surface area (Å²) in [5, 5.41) is 3.77. The highest BCUT2D eigenvalue weighted by Crippen LogP contribution is 2.33. The van der Waals surface area contributed by atoms with E-state index in [2.05, 4.69) is 11.4 Å². The average Bonchev–Trinajstić information content (AvgIpc) is 2.55. The van der Waals surface area contributed by atoms with Crippen molar-refractivity contribution in [3.8, 4) is 5.75 Å². The third-order valence-corrected chi connectivity index (χ3v) is 4.33. The molecule has 1 aliphatic heterocycles.